The average molecular weight is 353 g/mol. The summed E-state index contributed by atoms with van der Waals surface area (Å²) in [5, 5.41) is 3.11. The smallest absolute Gasteiger partial charge is 0.240 e. The maximum absolute atomic E-state index is 13.2. The highest BCUT2D eigenvalue weighted by molar-refractivity contribution is 6.16. The Morgan fingerprint density at radius 1 is 1.15 bits per heavy atom. The summed E-state index contributed by atoms with van der Waals surface area (Å²) in [5.41, 5.74) is 4.87. The highest BCUT2D eigenvalue weighted by Gasteiger charge is 2.37. The molecule has 5 nitrogen and oxygen atoms in total. The third-order valence-electron chi connectivity index (χ3n) is 6.06. The third-order valence-corrected chi connectivity index (χ3v) is 6.06. The van der Waals surface area contributed by atoms with Crippen LogP contribution in [0.3, 0.4) is 0 Å². The first-order chi connectivity index (χ1) is 12.5. The standard InChI is InChI=1S/C21H27N3O2/c1-13-10-18-19(11-14(13)2)24(12-20(25)22-15-6-3-4-7-15)21(26)16-8-5-9-17(16)23-18/h10-11,15-16H,3-9,12H2,1-2H3,(H,22,25). The van der Waals surface area contributed by atoms with E-state index < -0.39 is 0 Å². The Kier molecular flexibility index (Phi) is 4.55. The molecule has 0 aromatic heterocycles. The van der Waals surface area contributed by atoms with Gasteiger partial charge in [0.05, 0.1) is 17.3 Å². The van der Waals surface area contributed by atoms with Crippen molar-refractivity contribution in [2.45, 2.75) is 64.8 Å². The fraction of sp³-hybridized carbons (Fsp3) is 0.571. The lowest BCUT2D eigenvalue weighted by Crippen LogP contribution is -2.45. The normalized spacial score (nSPS) is 22.7. The van der Waals surface area contributed by atoms with Gasteiger partial charge in [-0.2, -0.15) is 0 Å². The summed E-state index contributed by atoms with van der Waals surface area (Å²) in [5.74, 6) is -0.192. The Morgan fingerprint density at radius 2 is 1.88 bits per heavy atom. The molecule has 1 aliphatic heterocycles. The van der Waals surface area contributed by atoms with Crippen LogP contribution in [0.5, 0.6) is 0 Å². The lowest BCUT2D eigenvalue weighted by atomic mass is 10.0. The summed E-state index contributed by atoms with van der Waals surface area (Å²) in [4.78, 5) is 32.4. The largest absolute Gasteiger partial charge is 0.352 e. The number of carbonyl (C=O) groups excluding carboxylic acids is 2. The highest BCUT2D eigenvalue weighted by Crippen LogP contribution is 2.39. The Balaban J connectivity index is 1.65. The maximum Gasteiger partial charge on any atom is 0.240 e. The maximum atomic E-state index is 13.2. The van der Waals surface area contributed by atoms with E-state index in [4.69, 9.17) is 4.99 Å². The topological polar surface area (TPSA) is 61.8 Å². The van der Waals surface area contributed by atoms with Crippen molar-refractivity contribution in [2.75, 3.05) is 11.4 Å². The zero-order chi connectivity index (χ0) is 18.3. The zero-order valence-corrected chi connectivity index (χ0v) is 15.7. The van der Waals surface area contributed by atoms with E-state index in [1.807, 2.05) is 19.1 Å². The summed E-state index contributed by atoms with van der Waals surface area (Å²) < 4.78 is 0. The lowest BCUT2D eigenvalue weighted by molar-refractivity contribution is -0.125. The van der Waals surface area contributed by atoms with E-state index in [1.54, 1.807) is 4.90 Å². The van der Waals surface area contributed by atoms with E-state index in [1.165, 1.54) is 12.8 Å². The number of benzene rings is 1. The molecule has 2 fully saturated rings. The predicted octanol–water partition coefficient (Wildman–Crippen LogP) is 3.58. The van der Waals surface area contributed by atoms with Crippen molar-refractivity contribution in [3.8, 4) is 0 Å². The minimum atomic E-state index is -0.165. The Labute approximate surface area is 154 Å². The Hall–Kier alpha value is -2.17. The number of nitrogens with one attached hydrogen (secondary N) is 1. The molecular weight excluding hydrogens is 326 g/mol. The van der Waals surface area contributed by atoms with E-state index in [0.717, 1.165) is 60.3 Å². The molecule has 1 aromatic carbocycles. The minimum absolute atomic E-state index is 0.0322. The molecule has 26 heavy (non-hydrogen) atoms. The molecule has 1 N–H and O–H groups in total. The third kappa shape index (κ3) is 3.15. The molecule has 1 heterocycles. The molecule has 5 heteroatoms. The molecule has 0 radical (unpaired) electrons. The van der Waals surface area contributed by atoms with Crippen molar-refractivity contribution >= 4 is 28.9 Å². The van der Waals surface area contributed by atoms with Gasteiger partial charge in [-0.25, -0.2) is 0 Å². The van der Waals surface area contributed by atoms with Gasteiger partial charge in [-0.15, -0.1) is 0 Å². The van der Waals surface area contributed by atoms with E-state index in [-0.39, 0.29) is 30.3 Å². The SMILES string of the molecule is Cc1cc2c(cc1C)N(CC(=O)NC1CCCC1)C(=O)C1CCCC1=N2. The summed E-state index contributed by atoms with van der Waals surface area (Å²) in [6.45, 7) is 4.19. The van der Waals surface area contributed by atoms with E-state index in [0.29, 0.717) is 0 Å². The van der Waals surface area contributed by atoms with Crippen LogP contribution in [0.4, 0.5) is 11.4 Å². The number of carbonyl (C=O) groups is 2. The second kappa shape index (κ2) is 6.86. The summed E-state index contributed by atoms with van der Waals surface area (Å²) >= 11 is 0. The summed E-state index contributed by atoms with van der Waals surface area (Å²) in [7, 11) is 0. The molecule has 1 atom stereocenters. The van der Waals surface area contributed by atoms with Crippen LogP contribution < -0.4 is 10.2 Å². The number of rotatable bonds is 3. The number of hydrogen-bond acceptors (Lipinski definition) is 3. The van der Waals surface area contributed by atoms with Gasteiger partial charge < -0.3 is 10.2 Å². The van der Waals surface area contributed by atoms with Gasteiger partial charge in [0.1, 0.15) is 6.54 Å². The fourth-order valence-electron chi connectivity index (χ4n) is 4.43. The van der Waals surface area contributed by atoms with Crippen LogP contribution in [0.2, 0.25) is 0 Å². The first-order valence-corrected chi connectivity index (χ1v) is 9.82. The van der Waals surface area contributed by atoms with Crippen LogP contribution in [0.1, 0.15) is 56.1 Å². The average Bonchev–Trinajstić information content (AvgIpc) is 3.25. The van der Waals surface area contributed by atoms with Gasteiger partial charge in [0.15, 0.2) is 0 Å². The molecular formula is C21H27N3O2. The molecule has 0 bridgehead atoms. The second-order valence-corrected chi connectivity index (χ2v) is 7.95. The van der Waals surface area contributed by atoms with E-state index >= 15 is 0 Å². The van der Waals surface area contributed by atoms with Crippen LogP contribution in [0.25, 0.3) is 0 Å². The van der Waals surface area contributed by atoms with E-state index in [2.05, 4.69) is 12.2 Å². The molecule has 2 amide bonds. The van der Waals surface area contributed by atoms with Crippen molar-refractivity contribution in [1.82, 2.24) is 5.32 Å². The van der Waals surface area contributed by atoms with Crippen molar-refractivity contribution in [2.24, 2.45) is 10.9 Å². The van der Waals surface area contributed by atoms with Crippen LogP contribution in [-0.2, 0) is 9.59 Å². The molecule has 0 saturated heterocycles. The monoisotopic (exact) mass is 353 g/mol. The van der Waals surface area contributed by atoms with E-state index in [9.17, 15) is 9.59 Å². The van der Waals surface area contributed by atoms with Crippen molar-refractivity contribution in [3.63, 3.8) is 0 Å². The minimum Gasteiger partial charge on any atom is -0.352 e. The van der Waals surface area contributed by atoms with Crippen molar-refractivity contribution in [1.29, 1.82) is 0 Å². The molecule has 2 aliphatic carbocycles. The van der Waals surface area contributed by atoms with Gasteiger partial charge in [0.2, 0.25) is 11.8 Å². The molecule has 1 unspecified atom stereocenters. The predicted molar refractivity (Wildman–Crippen MR) is 103 cm³/mol. The van der Waals surface area contributed by atoms with Gasteiger partial charge in [0, 0.05) is 11.8 Å². The number of fused-ring (bicyclic) bond motifs is 2. The number of nitrogens with zero attached hydrogens (tertiary/aromatic N) is 2. The van der Waals surface area contributed by atoms with Crippen LogP contribution in [0.15, 0.2) is 17.1 Å². The quantitative estimate of drug-likeness (QED) is 0.903. The van der Waals surface area contributed by atoms with Gasteiger partial charge in [0.25, 0.3) is 0 Å². The highest BCUT2D eigenvalue weighted by atomic mass is 16.2. The molecule has 138 valence electrons. The first-order valence-electron chi connectivity index (χ1n) is 9.82. The van der Waals surface area contributed by atoms with Gasteiger partial charge in [-0.3, -0.25) is 14.6 Å². The molecule has 2 saturated carbocycles. The second-order valence-electron chi connectivity index (χ2n) is 7.95. The molecule has 1 aromatic rings. The van der Waals surface area contributed by atoms with Crippen LogP contribution in [0, 0.1) is 19.8 Å². The summed E-state index contributed by atoms with van der Waals surface area (Å²) in [6, 6.07) is 4.33. The van der Waals surface area contributed by atoms with Crippen molar-refractivity contribution in [3.05, 3.63) is 23.3 Å². The van der Waals surface area contributed by atoms with Crippen molar-refractivity contribution < 1.29 is 9.59 Å². The van der Waals surface area contributed by atoms with Gasteiger partial charge >= 0.3 is 0 Å². The molecule has 3 aliphatic rings. The first kappa shape index (κ1) is 17.3. The molecule has 0 spiro atoms. The van der Waals surface area contributed by atoms with Crippen LogP contribution in [-0.4, -0.2) is 30.1 Å². The number of aliphatic imine (C=N–C) groups is 1. The number of anilines is 1. The van der Waals surface area contributed by atoms with Gasteiger partial charge in [-0.1, -0.05) is 12.8 Å². The Morgan fingerprint density at radius 3 is 2.65 bits per heavy atom. The van der Waals surface area contributed by atoms with Gasteiger partial charge in [-0.05, 0) is 69.2 Å². The number of aryl methyl sites for hydroxylation is 2. The van der Waals surface area contributed by atoms with Crippen LogP contribution >= 0.6 is 0 Å². The zero-order valence-electron chi connectivity index (χ0n) is 15.7. The Bertz CT molecular complexity index is 778. The summed E-state index contributed by atoms with van der Waals surface area (Å²) in [6.07, 6.45) is 7.16. The number of amides is 2. The fourth-order valence-corrected chi connectivity index (χ4v) is 4.43. The lowest BCUT2D eigenvalue weighted by Gasteiger charge is -2.25. The number of hydrogen-bond donors (Lipinski definition) is 1. The molecule has 4 rings (SSSR count).